The molecule has 0 saturated heterocycles. The second kappa shape index (κ2) is 6.24. The molecule has 0 spiro atoms. The first-order valence-corrected chi connectivity index (χ1v) is 6.75. The summed E-state index contributed by atoms with van der Waals surface area (Å²) in [5.74, 6) is 1.57. The van der Waals surface area contributed by atoms with Gasteiger partial charge in [0.05, 0.1) is 6.61 Å². The number of benzene rings is 1. The molecule has 1 N–H and O–H groups in total. The zero-order valence-electron chi connectivity index (χ0n) is 12.6. The highest BCUT2D eigenvalue weighted by atomic mass is 16.5. The molecule has 1 rings (SSSR count). The van der Waals surface area contributed by atoms with Crippen LogP contribution >= 0.6 is 0 Å². The Morgan fingerprint density at radius 2 is 1.89 bits per heavy atom. The average Bonchev–Trinajstić information content (AvgIpc) is 2.26. The molecule has 0 atom stereocenters. The van der Waals surface area contributed by atoms with Crippen molar-refractivity contribution in [1.29, 1.82) is 0 Å². The Hall–Kier alpha value is -1.02. The highest BCUT2D eigenvalue weighted by Gasteiger charge is 2.19. The zero-order chi connectivity index (χ0) is 13.8. The molecule has 102 valence electrons. The van der Waals surface area contributed by atoms with Gasteiger partial charge in [-0.1, -0.05) is 46.8 Å². The van der Waals surface area contributed by atoms with E-state index in [1.54, 1.807) is 0 Å². The molecule has 0 aromatic heterocycles. The van der Waals surface area contributed by atoms with Crippen LogP contribution in [0.4, 0.5) is 0 Å². The van der Waals surface area contributed by atoms with Crippen molar-refractivity contribution in [2.75, 3.05) is 13.7 Å². The molecule has 2 nitrogen and oxygen atoms in total. The Balaban J connectivity index is 3.01. The first-order chi connectivity index (χ1) is 8.34. The Labute approximate surface area is 112 Å². The van der Waals surface area contributed by atoms with Gasteiger partial charge in [-0.25, -0.2) is 0 Å². The van der Waals surface area contributed by atoms with E-state index in [2.05, 4.69) is 58.1 Å². The van der Waals surface area contributed by atoms with Crippen molar-refractivity contribution in [2.45, 2.75) is 46.6 Å². The van der Waals surface area contributed by atoms with Crippen molar-refractivity contribution >= 4 is 0 Å². The molecule has 0 unspecified atom stereocenters. The minimum absolute atomic E-state index is 0.107. The third-order valence-electron chi connectivity index (χ3n) is 2.81. The Bertz CT molecular complexity index is 377. The van der Waals surface area contributed by atoms with Gasteiger partial charge in [0.25, 0.3) is 0 Å². The van der Waals surface area contributed by atoms with Gasteiger partial charge in [-0.2, -0.15) is 0 Å². The summed E-state index contributed by atoms with van der Waals surface area (Å²) >= 11 is 0. The summed E-state index contributed by atoms with van der Waals surface area (Å²) in [6.07, 6.45) is 0. The summed E-state index contributed by atoms with van der Waals surface area (Å²) in [6, 6.07) is 6.50. The average molecular weight is 249 g/mol. The Morgan fingerprint density at radius 3 is 2.39 bits per heavy atom. The molecule has 0 aliphatic rings. The van der Waals surface area contributed by atoms with Crippen LogP contribution in [0, 0.1) is 5.92 Å². The minimum Gasteiger partial charge on any atom is -0.493 e. The van der Waals surface area contributed by atoms with Crippen molar-refractivity contribution < 1.29 is 4.74 Å². The van der Waals surface area contributed by atoms with E-state index >= 15 is 0 Å². The van der Waals surface area contributed by atoms with E-state index in [1.807, 2.05) is 7.05 Å². The van der Waals surface area contributed by atoms with E-state index in [1.165, 1.54) is 11.1 Å². The highest BCUT2D eigenvalue weighted by Crippen LogP contribution is 2.32. The Morgan fingerprint density at radius 1 is 1.22 bits per heavy atom. The van der Waals surface area contributed by atoms with Crippen LogP contribution in [0.1, 0.15) is 45.7 Å². The lowest BCUT2D eigenvalue weighted by Gasteiger charge is -2.24. The molecule has 18 heavy (non-hydrogen) atoms. The van der Waals surface area contributed by atoms with Gasteiger partial charge < -0.3 is 10.1 Å². The number of ether oxygens (including phenoxy) is 1. The maximum absolute atomic E-state index is 5.94. The first-order valence-electron chi connectivity index (χ1n) is 6.75. The second-order valence-corrected chi connectivity index (χ2v) is 6.32. The summed E-state index contributed by atoms with van der Waals surface area (Å²) in [6.45, 7) is 12.7. The molecule has 0 heterocycles. The van der Waals surface area contributed by atoms with Crippen LogP contribution in [0.3, 0.4) is 0 Å². The lowest BCUT2D eigenvalue weighted by molar-refractivity contribution is 0.265. The van der Waals surface area contributed by atoms with Gasteiger partial charge >= 0.3 is 0 Å². The quantitative estimate of drug-likeness (QED) is 0.858. The fourth-order valence-corrected chi connectivity index (χ4v) is 1.86. The van der Waals surface area contributed by atoms with E-state index in [0.717, 1.165) is 18.9 Å². The van der Waals surface area contributed by atoms with Gasteiger partial charge in [0.15, 0.2) is 0 Å². The predicted octanol–water partition coefficient (Wildman–Crippen LogP) is 3.74. The third-order valence-corrected chi connectivity index (χ3v) is 2.81. The van der Waals surface area contributed by atoms with Crippen LogP contribution in [0.15, 0.2) is 18.2 Å². The molecule has 2 heteroatoms. The van der Waals surface area contributed by atoms with Gasteiger partial charge in [0.1, 0.15) is 5.75 Å². The molecule has 0 bridgehead atoms. The van der Waals surface area contributed by atoms with Crippen LogP contribution in [-0.2, 0) is 12.0 Å². The normalized spacial score (nSPS) is 11.9. The van der Waals surface area contributed by atoms with Crippen molar-refractivity contribution in [1.82, 2.24) is 5.32 Å². The van der Waals surface area contributed by atoms with E-state index in [9.17, 15) is 0 Å². The molecule has 0 aliphatic carbocycles. The molecule has 0 fully saturated rings. The summed E-state index contributed by atoms with van der Waals surface area (Å²) < 4.78 is 5.94. The van der Waals surface area contributed by atoms with Crippen LogP contribution in [0.2, 0.25) is 0 Å². The van der Waals surface area contributed by atoms with E-state index in [-0.39, 0.29) is 5.41 Å². The Kier molecular flexibility index (Phi) is 5.21. The summed E-state index contributed by atoms with van der Waals surface area (Å²) in [5, 5.41) is 3.19. The van der Waals surface area contributed by atoms with Crippen molar-refractivity contribution in [3.05, 3.63) is 29.3 Å². The van der Waals surface area contributed by atoms with E-state index in [4.69, 9.17) is 4.74 Å². The van der Waals surface area contributed by atoms with Gasteiger partial charge in [0, 0.05) is 6.54 Å². The predicted molar refractivity (Wildman–Crippen MR) is 78.2 cm³/mol. The molecule has 0 radical (unpaired) electrons. The minimum atomic E-state index is 0.107. The maximum atomic E-state index is 5.94. The largest absolute Gasteiger partial charge is 0.493 e. The fraction of sp³-hybridized carbons (Fsp3) is 0.625. The maximum Gasteiger partial charge on any atom is 0.123 e. The van der Waals surface area contributed by atoms with Crippen LogP contribution in [0.5, 0.6) is 5.75 Å². The number of hydrogen-bond donors (Lipinski definition) is 1. The monoisotopic (exact) mass is 249 g/mol. The van der Waals surface area contributed by atoms with Crippen LogP contribution in [-0.4, -0.2) is 13.7 Å². The first kappa shape index (κ1) is 15.0. The molecular weight excluding hydrogens is 222 g/mol. The van der Waals surface area contributed by atoms with Crippen molar-refractivity contribution in [3.63, 3.8) is 0 Å². The van der Waals surface area contributed by atoms with Crippen molar-refractivity contribution in [2.24, 2.45) is 5.92 Å². The third kappa shape index (κ3) is 4.34. The molecule has 1 aromatic carbocycles. The summed E-state index contributed by atoms with van der Waals surface area (Å²) in [7, 11) is 1.97. The lowest BCUT2D eigenvalue weighted by Crippen LogP contribution is -2.16. The summed E-state index contributed by atoms with van der Waals surface area (Å²) in [5.41, 5.74) is 2.70. The van der Waals surface area contributed by atoms with E-state index in [0.29, 0.717) is 5.92 Å². The van der Waals surface area contributed by atoms with E-state index < -0.39 is 0 Å². The molecule has 0 amide bonds. The topological polar surface area (TPSA) is 21.3 Å². The number of nitrogens with one attached hydrogen (secondary N) is 1. The van der Waals surface area contributed by atoms with Gasteiger partial charge in [-0.05, 0) is 35.6 Å². The zero-order valence-corrected chi connectivity index (χ0v) is 12.6. The van der Waals surface area contributed by atoms with Crippen molar-refractivity contribution in [3.8, 4) is 5.75 Å². The SMILES string of the molecule is CNCc1ccc(OCC(C)C)c(C(C)(C)C)c1. The van der Waals surface area contributed by atoms with Crippen LogP contribution < -0.4 is 10.1 Å². The molecule has 1 aromatic rings. The number of hydrogen-bond acceptors (Lipinski definition) is 2. The summed E-state index contributed by atoms with van der Waals surface area (Å²) in [4.78, 5) is 0. The smallest absolute Gasteiger partial charge is 0.123 e. The van der Waals surface area contributed by atoms with Gasteiger partial charge in [-0.3, -0.25) is 0 Å². The highest BCUT2D eigenvalue weighted by molar-refractivity contribution is 5.41. The second-order valence-electron chi connectivity index (χ2n) is 6.32. The molecule has 0 aliphatic heterocycles. The standard InChI is InChI=1S/C16H27NO/c1-12(2)11-18-15-8-7-13(10-17-6)9-14(15)16(3,4)5/h7-9,12,17H,10-11H2,1-6H3. The number of rotatable bonds is 5. The molecule has 0 saturated carbocycles. The van der Waals surface area contributed by atoms with Gasteiger partial charge in [-0.15, -0.1) is 0 Å². The lowest BCUT2D eigenvalue weighted by atomic mass is 9.85. The fourth-order valence-electron chi connectivity index (χ4n) is 1.86. The molecular formula is C16H27NO. The van der Waals surface area contributed by atoms with Gasteiger partial charge in [0.2, 0.25) is 0 Å². The van der Waals surface area contributed by atoms with Crippen LogP contribution in [0.25, 0.3) is 0 Å².